The zero-order valence-electron chi connectivity index (χ0n) is 12.8. The molecule has 114 valence electrons. The van der Waals surface area contributed by atoms with Gasteiger partial charge in [0.2, 0.25) is 0 Å². The highest BCUT2D eigenvalue weighted by Gasteiger charge is 2.53. The molecule has 4 fully saturated rings. The average Bonchev–Trinajstić information content (AvgIpc) is 2.41. The molecule has 0 saturated heterocycles. The Bertz CT molecular complexity index is 568. The molecule has 21 heavy (non-hydrogen) atoms. The van der Waals surface area contributed by atoms with E-state index in [1.807, 2.05) is 13.0 Å². The van der Waals surface area contributed by atoms with E-state index in [9.17, 15) is 9.90 Å². The third-order valence-electron chi connectivity index (χ3n) is 6.42. The van der Waals surface area contributed by atoms with Crippen LogP contribution in [0.15, 0.2) is 23.0 Å². The molecule has 4 aliphatic carbocycles. The lowest BCUT2D eigenvalue weighted by Gasteiger charge is -2.58. The van der Waals surface area contributed by atoms with Gasteiger partial charge in [-0.25, -0.2) is 0 Å². The van der Waals surface area contributed by atoms with Crippen molar-refractivity contribution >= 4 is 0 Å². The Morgan fingerprint density at radius 1 is 1.19 bits per heavy atom. The van der Waals surface area contributed by atoms with Crippen LogP contribution in [-0.2, 0) is 6.54 Å². The fraction of sp³-hybridized carbons (Fsp3) is 0.722. The van der Waals surface area contributed by atoms with Crippen LogP contribution < -0.4 is 5.56 Å². The Labute approximate surface area is 126 Å². The van der Waals surface area contributed by atoms with Crippen molar-refractivity contribution in [1.82, 2.24) is 4.57 Å². The molecule has 0 spiro atoms. The van der Waals surface area contributed by atoms with Gasteiger partial charge in [0.1, 0.15) is 0 Å². The van der Waals surface area contributed by atoms with Crippen molar-refractivity contribution in [3.05, 3.63) is 34.2 Å². The molecule has 4 saturated carbocycles. The number of aliphatic hydroxyl groups excluding tert-OH is 1. The van der Waals surface area contributed by atoms with Gasteiger partial charge >= 0.3 is 0 Å². The molecule has 4 bridgehead atoms. The van der Waals surface area contributed by atoms with Gasteiger partial charge in [-0.05, 0) is 74.7 Å². The number of aryl methyl sites for hydroxylation is 1. The highest BCUT2D eigenvalue weighted by Crippen LogP contribution is 2.61. The Morgan fingerprint density at radius 3 is 2.29 bits per heavy atom. The molecule has 5 rings (SSSR count). The van der Waals surface area contributed by atoms with E-state index in [1.165, 1.54) is 38.5 Å². The summed E-state index contributed by atoms with van der Waals surface area (Å²) in [6.07, 6.45) is 7.33. The van der Waals surface area contributed by atoms with Crippen LogP contribution in [0.5, 0.6) is 0 Å². The fourth-order valence-electron chi connectivity index (χ4n) is 5.81. The molecule has 0 radical (unpaired) electrons. The van der Waals surface area contributed by atoms with Crippen molar-refractivity contribution in [2.45, 2.75) is 58.1 Å². The van der Waals surface area contributed by atoms with Crippen LogP contribution in [-0.4, -0.2) is 15.8 Å². The fourth-order valence-corrected chi connectivity index (χ4v) is 5.81. The van der Waals surface area contributed by atoms with Crippen LogP contribution in [0.25, 0.3) is 0 Å². The second-order valence-electron chi connectivity index (χ2n) is 7.91. The lowest BCUT2D eigenvalue weighted by Crippen LogP contribution is -2.53. The molecule has 1 aromatic heterocycles. The van der Waals surface area contributed by atoms with E-state index in [2.05, 4.69) is 0 Å². The minimum atomic E-state index is -0.371. The Morgan fingerprint density at radius 2 is 1.76 bits per heavy atom. The van der Waals surface area contributed by atoms with Crippen LogP contribution in [0.4, 0.5) is 0 Å². The number of hydrogen-bond donors (Lipinski definition) is 1. The molecule has 1 heterocycles. The first-order valence-corrected chi connectivity index (χ1v) is 8.40. The smallest absolute Gasteiger partial charge is 0.250 e. The van der Waals surface area contributed by atoms with Gasteiger partial charge < -0.3 is 9.67 Å². The summed E-state index contributed by atoms with van der Waals surface area (Å²) in [6.45, 7) is 2.42. The minimum absolute atomic E-state index is 0.0128. The summed E-state index contributed by atoms with van der Waals surface area (Å²) in [7, 11) is 0. The first-order valence-electron chi connectivity index (χ1n) is 8.40. The van der Waals surface area contributed by atoms with Crippen LogP contribution in [0, 0.1) is 30.1 Å². The predicted molar refractivity (Wildman–Crippen MR) is 82.1 cm³/mol. The number of aliphatic hydroxyl groups is 1. The zero-order valence-corrected chi connectivity index (χ0v) is 12.8. The molecule has 1 N–H and O–H groups in total. The highest BCUT2D eigenvalue weighted by molar-refractivity contribution is 5.07. The van der Waals surface area contributed by atoms with Crippen LogP contribution in [0.1, 0.15) is 44.2 Å². The van der Waals surface area contributed by atoms with E-state index in [-0.39, 0.29) is 17.1 Å². The van der Waals surface area contributed by atoms with Crippen LogP contribution in [0.2, 0.25) is 0 Å². The van der Waals surface area contributed by atoms with E-state index in [4.69, 9.17) is 0 Å². The maximum atomic E-state index is 12.1. The molecule has 4 aliphatic rings. The van der Waals surface area contributed by atoms with E-state index in [1.54, 1.807) is 16.7 Å². The number of aromatic nitrogens is 1. The maximum absolute atomic E-state index is 12.1. The SMILES string of the molecule is Cc1cccc(=O)n1CC(O)C12CC3CC(CC(C3)C1)C2. The summed E-state index contributed by atoms with van der Waals surface area (Å²) < 4.78 is 1.75. The van der Waals surface area contributed by atoms with E-state index >= 15 is 0 Å². The molecule has 1 aromatic rings. The van der Waals surface area contributed by atoms with Crippen molar-refractivity contribution in [3.8, 4) is 0 Å². The molecular formula is C18H25NO2. The largest absolute Gasteiger partial charge is 0.391 e. The number of hydrogen-bond acceptors (Lipinski definition) is 2. The molecule has 3 nitrogen and oxygen atoms in total. The normalized spacial score (nSPS) is 38.7. The van der Waals surface area contributed by atoms with Gasteiger partial charge in [-0.1, -0.05) is 6.07 Å². The van der Waals surface area contributed by atoms with Gasteiger partial charge in [-0.15, -0.1) is 0 Å². The molecule has 1 unspecified atom stereocenters. The molecule has 1 atom stereocenters. The first-order chi connectivity index (χ1) is 10.1. The Hall–Kier alpha value is -1.09. The maximum Gasteiger partial charge on any atom is 0.250 e. The summed E-state index contributed by atoms with van der Waals surface area (Å²) >= 11 is 0. The summed E-state index contributed by atoms with van der Waals surface area (Å²) in [6, 6.07) is 5.35. The molecule has 3 heteroatoms. The Balaban J connectivity index is 1.60. The van der Waals surface area contributed by atoms with Crippen molar-refractivity contribution in [2.75, 3.05) is 0 Å². The number of pyridine rings is 1. The monoisotopic (exact) mass is 287 g/mol. The third kappa shape index (κ3) is 2.17. The van der Waals surface area contributed by atoms with Crippen molar-refractivity contribution in [1.29, 1.82) is 0 Å². The third-order valence-corrected chi connectivity index (χ3v) is 6.42. The standard InChI is InChI=1S/C18H25NO2/c1-12-3-2-4-17(21)19(12)11-16(20)18-8-13-5-14(9-18)7-15(6-13)10-18/h2-4,13-16,20H,5-11H2,1H3. The number of rotatable bonds is 3. The molecular weight excluding hydrogens is 262 g/mol. The van der Waals surface area contributed by atoms with Crippen molar-refractivity contribution < 1.29 is 5.11 Å². The number of nitrogens with zero attached hydrogens (tertiary/aromatic N) is 1. The summed E-state index contributed by atoms with van der Waals surface area (Å²) in [4.78, 5) is 12.1. The summed E-state index contributed by atoms with van der Waals surface area (Å²) in [5.74, 6) is 2.50. The molecule has 0 aliphatic heterocycles. The quantitative estimate of drug-likeness (QED) is 0.929. The highest BCUT2D eigenvalue weighted by atomic mass is 16.3. The van der Waals surface area contributed by atoms with E-state index in [0.29, 0.717) is 6.54 Å². The second-order valence-corrected chi connectivity index (χ2v) is 7.91. The van der Waals surface area contributed by atoms with Gasteiger partial charge in [0.15, 0.2) is 0 Å². The van der Waals surface area contributed by atoms with Gasteiger partial charge in [-0.2, -0.15) is 0 Å². The first kappa shape index (κ1) is 13.6. The zero-order chi connectivity index (χ0) is 14.6. The molecule has 0 aromatic carbocycles. The van der Waals surface area contributed by atoms with Crippen molar-refractivity contribution in [3.63, 3.8) is 0 Å². The van der Waals surface area contributed by atoms with Crippen molar-refractivity contribution in [2.24, 2.45) is 23.2 Å². The van der Waals surface area contributed by atoms with Gasteiger partial charge in [0.25, 0.3) is 5.56 Å². The van der Waals surface area contributed by atoms with Crippen LogP contribution in [0.3, 0.4) is 0 Å². The van der Waals surface area contributed by atoms with Gasteiger partial charge in [0.05, 0.1) is 12.6 Å². The van der Waals surface area contributed by atoms with Gasteiger partial charge in [0, 0.05) is 11.8 Å². The molecule has 0 amide bonds. The van der Waals surface area contributed by atoms with E-state index < -0.39 is 0 Å². The summed E-state index contributed by atoms with van der Waals surface area (Å²) in [5.41, 5.74) is 1.06. The average molecular weight is 287 g/mol. The van der Waals surface area contributed by atoms with Gasteiger partial charge in [-0.3, -0.25) is 4.79 Å². The topological polar surface area (TPSA) is 42.2 Å². The van der Waals surface area contributed by atoms with Crippen LogP contribution >= 0.6 is 0 Å². The lowest BCUT2D eigenvalue weighted by molar-refractivity contribution is -0.124. The van der Waals surface area contributed by atoms with E-state index in [0.717, 1.165) is 23.4 Å². The Kier molecular flexibility index (Phi) is 3.04. The second kappa shape index (κ2) is 4.70. The lowest BCUT2D eigenvalue weighted by atomic mass is 9.48. The predicted octanol–water partition coefficient (Wildman–Crippen LogP) is 2.73. The summed E-state index contributed by atoms with van der Waals surface area (Å²) in [5, 5.41) is 11.0. The minimum Gasteiger partial charge on any atom is -0.391 e.